The zero-order valence-electron chi connectivity index (χ0n) is 8.77. The standard InChI is InChI=1S/C11H10N4O/c1-2-3-8(16)6-10-14-7-9-11(12)13-4-5-15(9)10/h4-5,7H,6H2,1H3,(H2,12,13). The molecule has 0 atom stereocenters. The molecular formula is C11H10N4O. The predicted molar refractivity (Wildman–Crippen MR) is 59.6 cm³/mol. The summed E-state index contributed by atoms with van der Waals surface area (Å²) in [5, 5.41) is 0. The average molecular weight is 214 g/mol. The Morgan fingerprint density at radius 1 is 1.56 bits per heavy atom. The number of nitrogens with two attached hydrogens (primary N) is 1. The Bertz CT molecular complexity index is 603. The molecule has 0 aromatic carbocycles. The third kappa shape index (κ3) is 1.73. The van der Waals surface area contributed by atoms with Crippen LogP contribution in [0.3, 0.4) is 0 Å². The minimum Gasteiger partial charge on any atom is -0.382 e. The van der Waals surface area contributed by atoms with Gasteiger partial charge in [0.2, 0.25) is 5.78 Å². The first kappa shape index (κ1) is 10.2. The summed E-state index contributed by atoms with van der Waals surface area (Å²) in [6.07, 6.45) is 5.08. The zero-order chi connectivity index (χ0) is 11.5. The van der Waals surface area contributed by atoms with Crippen molar-refractivity contribution in [3.63, 3.8) is 0 Å². The van der Waals surface area contributed by atoms with Gasteiger partial charge in [0.1, 0.15) is 17.2 Å². The fourth-order valence-corrected chi connectivity index (χ4v) is 1.46. The van der Waals surface area contributed by atoms with Gasteiger partial charge < -0.3 is 5.73 Å². The number of Topliss-reactive ketones (excluding diaryl/α,β-unsaturated/α-hetero) is 1. The summed E-state index contributed by atoms with van der Waals surface area (Å²) < 4.78 is 1.75. The Balaban J connectivity index is 2.42. The van der Waals surface area contributed by atoms with E-state index in [1.54, 1.807) is 29.9 Å². The van der Waals surface area contributed by atoms with E-state index < -0.39 is 0 Å². The van der Waals surface area contributed by atoms with Crippen LogP contribution in [0, 0.1) is 11.8 Å². The van der Waals surface area contributed by atoms with Crippen LogP contribution in [0.2, 0.25) is 0 Å². The normalized spacial score (nSPS) is 9.81. The number of fused-ring (bicyclic) bond motifs is 1. The van der Waals surface area contributed by atoms with Gasteiger partial charge in [0, 0.05) is 12.4 Å². The molecular weight excluding hydrogens is 204 g/mol. The van der Waals surface area contributed by atoms with Crippen LogP contribution in [0.1, 0.15) is 12.7 Å². The molecule has 2 heterocycles. The third-order valence-corrected chi connectivity index (χ3v) is 2.15. The van der Waals surface area contributed by atoms with E-state index in [0.29, 0.717) is 17.2 Å². The Morgan fingerprint density at radius 2 is 2.38 bits per heavy atom. The number of rotatable bonds is 2. The minimum absolute atomic E-state index is 0.162. The van der Waals surface area contributed by atoms with Crippen molar-refractivity contribution in [2.45, 2.75) is 13.3 Å². The van der Waals surface area contributed by atoms with Gasteiger partial charge in [0.05, 0.1) is 12.6 Å². The minimum atomic E-state index is -0.162. The summed E-state index contributed by atoms with van der Waals surface area (Å²) >= 11 is 0. The summed E-state index contributed by atoms with van der Waals surface area (Å²) in [6, 6.07) is 0. The molecule has 0 fully saturated rings. The molecule has 80 valence electrons. The van der Waals surface area contributed by atoms with Gasteiger partial charge in [-0.25, -0.2) is 9.97 Å². The van der Waals surface area contributed by atoms with Crippen molar-refractivity contribution in [1.82, 2.24) is 14.4 Å². The van der Waals surface area contributed by atoms with E-state index in [1.165, 1.54) is 0 Å². The molecule has 16 heavy (non-hydrogen) atoms. The number of carbonyl (C=O) groups excluding carboxylic acids is 1. The van der Waals surface area contributed by atoms with E-state index in [1.807, 2.05) is 0 Å². The molecule has 2 rings (SSSR count). The SMILES string of the molecule is CC#CC(=O)Cc1ncc2c(N)nccn12. The second-order valence-electron chi connectivity index (χ2n) is 3.22. The van der Waals surface area contributed by atoms with Crippen molar-refractivity contribution < 1.29 is 4.79 Å². The Hall–Kier alpha value is -2.35. The first-order valence-electron chi connectivity index (χ1n) is 4.74. The van der Waals surface area contributed by atoms with Crippen molar-refractivity contribution in [2.75, 3.05) is 5.73 Å². The number of carbonyl (C=O) groups is 1. The molecule has 0 aliphatic rings. The number of nitrogens with zero attached hydrogens (tertiary/aromatic N) is 3. The van der Waals surface area contributed by atoms with Crippen molar-refractivity contribution in [3.8, 4) is 11.8 Å². The second kappa shape index (κ2) is 4.03. The Labute approximate surface area is 92.3 Å². The van der Waals surface area contributed by atoms with Gasteiger partial charge in [-0.1, -0.05) is 5.92 Å². The first-order chi connectivity index (χ1) is 7.72. The van der Waals surface area contributed by atoms with Crippen LogP contribution < -0.4 is 5.73 Å². The molecule has 2 aromatic rings. The van der Waals surface area contributed by atoms with Gasteiger partial charge in [0.25, 0.3) is 0 Å². The summed E-state index contributed by atoms with van der Waals surface area (Å²) in [6.45, 7) is 1.63. The first-order valence-corrected chi connectivity index (χ1v) is 4.74. The van der Waals surface area contributed by atoms with Crippen molar-refractivity contribution >= 4 is 17.1 Å². The number of aromatic nitrogens is 3. The number of nitrogen functional groups attached to an aromatic ring is 1. The molecule has 0 aliphatic heterocycles. The molecule has 0 bridgehead atoms. The van der Waals surface area contributed by atoms with Crippen LogP contribution >= 0.6 is 0 Å². The van der Waals surface area contributed by atoms with Gasteiger partial charge in [-0.2, -0.15) is 0 Å². The van der Waals surface area contributed by atoms with Crippen LogP contribution in [0.5, 0.6) is 0 Å². The van der Waals surface area contributed by atoms with E-state index >= 15 is 0 Å². The van der Waals surface area contributed by atoms with Crippen LogP contribution in [-0.4, -0.2) is 20.2 Å². The molecule has 0 amide bonds. The number of hydrogen-bond donors (Lipinski definition) is 1. The maximum atomic E-state index is 11.4. The van der Waals surface area contributed by atoms with Gasteiger partial charge in [-0.15, -0.1) is 0 Å². The van der Waals surface area contributed by atoms with Gasteiger partial charge >= 0.3 is 0 Å². The highest BCUT2D eigenvalue weighted by atomic mass is 16.1. The molecule has 0 unspecified atom stereocenters. The maximum Gasteiger partial charge on any atom is 0.212 e. The number of imidazole rings is 1. The monoisotopic (exact) mass is 214 g/mol. The molecule has 2 N–H and O–H groups in total. The predicted octanol–water partition coefficient (Wildman–Crippen LogP) is 0.446. The van der Waals surface area contributed by atoms with Crippen LogP contribution in [0.4, 0.5) is 5.82 Å². The van der Waals surface area contributed by atoms with E-state index in [9.17, 15) is 4.79 Å². The molecule has 0 spiro atoms. The lowest BCUT2D eigenvalue weighted by Crippen LogP contribution is -2.04. The van der Waals surface area contributed by atoms with Crippen LogP contribution in [-0.2, 0) is 11.2 Å². The largest absolute Gasteiger partial charge is 0.382 e. The molecule has 0 aliphatic carbocycles. The smallest absolute Gasteiger partial charge is 0.212 e. The highest BCUT2D eigenvalue weighted by Gasteiger charge is 2.09. The number of anilines is 1. The summed E-state index contributed by atoms with van der Waals surface area (Å²) in [5.74, 6) is 5.90. The summed E-state index contributed by atoms with van der Waals surface area (Å²) in [4.78, 5) is 19.4. The van der Waals surface area contributed by atoms with Crippen molar-refractivity contribution in [3.05, 3.63) is 24.4 Å². The van der Waals surface area contributed by atoms with Gasteiger partial charge in [-0.05, 0) is 12.8 Å². The Kier molecular flexibility index (Phi) is 2.56. The molecule has 5 nitrogen and oxygen atoms in total. The van der Waals surface area contributed by atoms with Crippen molar-refractivity contribution in [1.29, 1.82) is 0 Å². The topological polar surface area (TPSA) is 73.3 Å². The molecule has 2 aromatic heterocycles. The molecule has 5 heteroatoms. The number of hydrogen-bond acceptors (Lipinski definition) is 4. The molecule has 0 saturated carbocycles. The fraction of sp³-hybridized carbons (Fsp3) is 0.182. The van der Waals surface area contributed by atoms with E-state index in [2.05, 4.69) is 21.8 Å². The average Bonchev–Trinajstić information content (AvgIpc) is 2.64. The lowest BCUT2D eigenvalue weighted by atomic mass is 10.3. The quantitative estimate of drug-likeness (QED) is 0.581. The second-order valence-corrected chi connectivity index (χ2v) is 3.22. The van der Waals surface area contributed by atoms with E-state index in [0.717, 1.165) is 0 Å². The third-order valence-electron chi connectivity index (χ3n) is 2.15. The molecule has 0 saturated heterocycles. The van der Waals surface area contributed by atoms with Crippen LogP contribution in [0.25, 0.3) is 5.52 Å². The summed E-state index contributed by atoms with van der Waals surface area (Å²) in [7, 11) is 0. The number of ketones is 1. The van der Waals surface area contributed by atoms with Crippen LogP contribution in [0.15, 0.2) is 18.6 Å². The Morgan fingerprint density at radius 3 is 3.12 bits per heavy atom. The van der Waals surface area contributed by atoms with Crippen molar-refractivity contribution in [2.24, 2.45) is 0 Å². The highest BCUT2D eigenvalue weighted by molar-refractivity contribution is 5.96. The molecule has 0 radical (unpaired) electrons. The maximum absolute atomic E-state index is 11.4. The van der Waals surface area contributed by atoms with Gasteiger partial charge in [0.15, 0.2) is 0 Å². The summed E-state index contributed by atoms with van der Waals surface area (Å²) in [5.41, 5.74) is 6.38. The lowest BCUT2D eigenvalue weighted by molar-refractivity contribution is -0.113. The van der Waals surface area contributed by atoms with Gasteiger partial charge in [-0.3, -0.25) is 9.20 Å². The lowest BCUT2D eigenvalue weighted by Gasteiger charge is -1.99. The fourth-order valence-electron chi connectivity index (χ4n) is 1.46. The highest BCUT2D eigenvalue weighted by Crippen LogP contribution is 2.11. The van der Waals surface area contributed by atoms with E-state index in [4.69, 9.17) is 5.73 Å². The zero-order valence-corrected chi connectivity index (χ0v) is 8.77. The van der Waals surface area contributed by atoms with E-state index in [-0.39, 0.29) is 12.2 Å².